The van der Waals surface area contributed by atoms with Crippen LogP contribution in [0.1, 0.15) is 11.1 Å². The molecule has 1 aromatic carbocycles. The van der Waals surface area contributed by atoms with Gasteiger partial charge in [0, 0.05) is 6.54 Å². The summed E-state index contributed by atoms with van der Waals surface area (Å²) in [4.78, 5) is 23.3. The van der Waals surface area contributed by atoms with Gasteiger partial charge in [-0.15, -0.1) is 0 Å². The maximum atomic E-state index is 10.6. The van der Waals surface area contributed by atoms with E-state index in [0.29, 0.717) is 6.29 Å². The molecule has 0 saturated heterocycles. The van der Waals surface area contributed by atoms with Crippen LogP contribution in [0.15, 0.2) is 24.3 Å². The summed E-state index contributed by atoms with van der Waals surface area (Å²) in [6, 6.07) is 7.57. The molecule has 1 atom stereocenters. The normalized spacial score (nSPS) is 12.4. The topological polar surface area (TPSA) is 60.4 Å². The summed E-state index contributed by atoms with van der Waals surface area (Å²) in [5.74, 6) is -2.39. The van der Waals surface area contributed by atoms with Gasteiger partial charge in [0.2, 0.25) is 0 Å². The first kappa shape index (κ1) is 13.4. The molecule has 0 spiro atoms. The summed E-state index contributed by atoms with van der Waals surface area (Å²) in [6.07, 6.45) is 0.612. The van der Waals surface area contributed by atoms with Crippen LogP contribution in [-0.2, 0) is 22.6 Å². The number of benzene rings is 1. The molecule has 0 aliphatic heterocycles. The van der Waals surface area contributed by atoms with Crippen LogP contribution in [-0.4, -0.2) is 31.3 Å². The van der Waals surface area contributed by atoms with Crippen LogP contribution in [0.4, 0.5) is 0 Å². The van der Waals surface area contributed by atoms with Crippen molar-refractivity contribution in [3.8, 4) is 0 Å². The number of aldehydes is 1. The van der Waals surface area contributed by atoms with Crippen LogP contribution in [0.3, 0.4) is 0 Å². The molecule has 0 saturated carbocycles. The molecule has 1 unspecified atom stereocenters. The van der Waals surface area contributed by atoms with Gasteiger partial charge >= 0.3 is 0 Å². The molecule has 0 aliphatic carbocycles. The number of rotatable bonds is 6. The van der Waals surface area contributed by atoms with Crippen LogP contribution in [0.5, 0.6) is 0 Å². The Bertz CT molecular complexity index is 401. The molecule has 4 heteroatoms. The molecule has 1 rings (SSSR count). The minimum atomic E-state index is -1.32. The second-order valence-electron chi connectivity index (χ2n) is 4.32. The SMILES string of the molecule is CN(C)Cc1cccc(CC(C=O)C(=O)[O-])c1. The molecule has 92 valence electrons. The van der Waals surface area contributed by atoms with E-state index in [1.165, 1.54) is 0 Å². The van der Waals surface area contributed by atoms with Crippen LogP contribution in [0, 0.1) is 5.92 Å². The first-order valence-corrected chi connectivity index (χ1v) is 5.41. The Hall–Kier alpha value is -1.68. The standard InChI is InChI=1S/C13H17NO3/c1-14(2)8-11-5-3-4-10(6-11)7-12(9-15)13(16)17/h3-6,9,12H,7-8H2,1-2H3,(H,16,17)/p-1. The van der Waals surface area contributed by atoms with Gasteiger partial charge in [-0.2, -0.15) is 0 Å². The fraction of sp³-hybridized carbons (Fsp3) is 0.385. The molecule has 0 aromatic heterocycles. The molecule has 0 amide bonds. The largest absolute Gasteiger partial charge is 0.549 e. The van der Waals surface area contributed by atoms with E-state index in [9.17, 15) is 14.7 Å². The third kappa shape index (κ3) is 4.36. The fourth-order valence-electron chi connectivity index (χ4n) is 1.66. The van der Waals surface area contributed by atoms with Gasteiger partial charge in [0.15, 0.2) is 0 Å². The zero-order valence-electron chi connectivity index (χ0n) is 10.1. The van der Waals surface area contributed by atoms with Gasteiger partial charge in [-0.1, -0.05) is 24.3 Å². The zero-order chi connectivity index (χ0) is 12.8. The Morgan fingerprint density at radius 3 is 2.59 bits per heavy atom. The maximum absolute atomic E-state index is 10.6. The lowest BCUT2D eigenvalue weighted by atomic mass is 9.99. The van der Waals surface area contributed by atoms with Crippen LogP contribution >= 0.6 is 0 Å². The van der Waals surface area contributed by atoms with Gasteiger partial charge in [-0.3, -0.25) is 0 Å². The number of hydrogen-bond donors (Lipinski definition) is 0. The summed E-state index contributed by atoms with van der Waals surface area (Å²) in [6.45, 7) is 0.783. The number of carboxylic acid groups (broad SMARTS) is 1. The highest BCUT2D eigenvalue weighted by Crippen LogP contribution is 2.11. The Balaban J connectivity index is 2.77. The van der Waals surface area contributed by atoms with E-state index in [4.69, 9.17) is 0 Å². The Kier molecular flexibility index (Phi) is 4.84. The summed E-state index contributed by atoms with van der Waals surface area (Å²) in [7, 11) is 3.92. The van der Waals surface area contributed by atoms with Gasteiger partial charge in [0.25, 0.3) is 0 Å². The maximum Gasteiger partial charge on any atom is 0.129 e. The second kappa shape index (κ2) is 6.15. The minimum absolute atomic E-state index is 0.188. The molecule has 0 radical (unpaired) electrons. The Labute approximate surface area is 101 Å². The molecule has 0 heterocycles. The van der Waals surface area contributed by atoms with E-state index >= 15 is 0 Å². The van der Waals surface area contributed by atoms with E-state index in [1.54, 1.807) is 0 Å². The van der Waals surface area contributed by atoms with Gasteiger partial charge in [0.05, 0.1) is 11.9 Å². The summed E-state index contributed by atoms with van der Waals surface area (Å²) < 4.78 is 0. The van der Waals surface area contributed by atoms with Crippen molar-refractivity contribution in [2.24, 2.45) is 5.92 Å². The minimum Gasteiger partial charge on any atom is -0.549 e. The van der Waals surface area contributed by atoms with Gasteiger partial charge < -0.3 is 19.6 Å². The lowest BCUT2D eigenvalue weighted by molar-refractivity contribution is -0.309. The average Bonchev–Trinajstić information content (AvgIpc) is 2.25. The molecule has 17 heavy (non-hydrogen) atoms. The molecule has 4 nitrogen and oxygen atoms in total. The van der Waals surface area contributed by atoms with E-state index < -0.39 is 11.9 Å². The van der Waals surface area contributed by atoms with Gasteiger partial charge in [-0.05, 0) is 31.6 Å². The fourth-order valence-corrected chi connectivity index (χ4v) is 1.66. The number of carbonyl (C=O) groups is 2. The lowest BCUT2D eigenvalue weighted by Crippen LogP contribution is -2.33. The van der Waals surface area contributed by atoms with E-state index in [1.807, 2.05) is 43.3 Å². The molecule has 0 N–H and O–H groups in total. The van der Waals surface area contributed by atoms with Crippen molar-refractivity contribution in [3.63, 3.8) is 0 Å². The Morgan fingerprint density at radius 1 is 1.41 bits per heavy atom. The number of carboxylic acids is 1. The third-order valence-corrected chi connectivity index (χ3v) is 2.41. The highest BCUT2D eigenvalue weighted by molar-refractivity contribution is 5.85. The molecule has 1 aromatic rings. The Morgan fingerprint density at radius 2 is 2.06 bits per heavy atom. The highest BCUT2D eigenvalue weighted by atomic mass is 16.4. The number of hydrogen-bond acceptors (Lipinski definition) is 4. The average molecular weight is 234 g/mol. The first-order chi connectivity index (χ1) is 8.02. The first-order valence-electron chi connectivity index (χ1n) is 5.41. The summed E-state index contributed by atoms with van der Waals surface area (Å²) in [5, 5.41) is 10.6. The van der Waals surface area contributed by atoms with E-state index in [-0.39, 0.29) is 6.42 Å². The highest BCUT2D eigenvalue weighted by Gasteiger charge is 2.09. The molecule has 0 fully saturated rings. The monoisotopic (exact) mass is 234 g/mol. The lowest BCUT2D eigenvalue weighted by Gasteiger charge is -2.13. The van der Waals surface area contributed by atoms with Crippen molar-refractivity contribution in [2.45, 2.75) is 13.0 Å². The molecular weight excluding hydrogens is 218 g/mol. The number of aliphatic carboxylic acids is 1. The second-order valence-corrected chi connectivity index (χ2v) is 4.32. The van der Waals surface area contributed by atoms with Crippen molar-refractivity contribution in [2.75, 3.05) is 14.1 Å². The molecule has 0 bridgehead atoms. The van der Waals surface area contributed by atoms with Crippen molar-refractivity contribution < 1.29 is 14.7 Å². The summed E-state index contributed by atoms with van der Waals surface area (Å²) in [5.41, 5.74) is 1.93. The van der Waals surface area contributed by atoms with Crippen molar-refractivity contribution >= 4 is 12.3 Å². The predicted octanol–water partition coefficient (Wildman–Crippen LogP) is -0.144. The van der Waals surface area contributed by atoms with Crippen molar-refractivity contribution in [3.05, 3.63) is 35.4 Å². The van der Waals surface area contributed by atoms with Crippen LogP contribution in [0.25, 0.3) is 0 Å². The van der Waals surface area contributed by atoms with Crippen LogP contribution < -0.4 is 5.11 Å². The third-order valence-electron chi connectivity index (χ3n) is 2.41. The van der Waals surface area contributed by atoms with E-state index in [0.717, 1.165) is 17.7 Å². The van der Waals surface area contributed by atoms with Crippen molar-refractivity contribution in [1.29, 1.82) is 0 Å². The quantitative estimate of drug-likeness (QED) is 0.507. The van der Waals surface area contributed by atoms with Crippen molar-refractivity contribution in [1.82, 2.24) is 4.90 Å². The smallest absolute Gasteiger partial charge is 0.129 e. The van der Waals surface area contributed by atoms with E-state index in [2.05, 4.69) is 0 Å². The number of carbonyl (C=O) groups excluding carboxylic acids is 2. The van der Waals surface area contributed by atoms with Gasteiger partial charge in [0.1, 0.15) is 6.29 Å². The molecule has 0 aliphatic rings. The van der Waals surface area contributed by atoms with Gasteiger partial charge in [-0.25, -0.2) is 0 Å². The summed E-state index contributed by atoms with van der Waals surface area (Å²) >= 11 is 0. The predicted molar refractivity (Wildman–Crippen MR) is 62.1 cm³/mol. The molecular formula is C13H16NO3-. The van der Waals surface area contributed by atoms with Crippen LogP contribution in [0.2, 0.25) is 0 Å². The zero-order valence-corrected chi connectivity index (χ0v) is 10.1. The number of nitrogens with zero attached hydrogens (tertiary/aromatic N) is 1.